The summed E-state index contributed by atoms with van der Waals surface area (Å²) >= 11 is 9.41. The molecule has 0 unspecified atom stereocenters. The summed E-state index contributed by atoms with van der Waals surface area (Å²) in [5.41, 5.74) is 11.5. The van der Waals surface area contributed by atoms with Crippen LogP contribution >= 0.6 is 34.3 Å². The van der Waals surface area contributed by atoms with Crippen LogP contribution in [0.15, 0.2) is 41.8 Å². The van der Waals surface area contributed by atoms with Crippen LogP contribution in [0.25, 0.3) is 21.3 Å². The van der Waals surface area contributed by atoms with E-state index in [0.29, 0.717) is 20.5 Å². The van der Waals surface area contributed by atoms with Crippen molar-refractivity contribution in [1.82, 2.24) is 4.98 Å². The Balaban J connectivity index is 1.84. The number of halogens is 1. The molecule has 0 atom stereocenters. The highest BCUT2D eigenvalue weighted by atomic mass is 35.5. The first-order valence-corrected chi connectivity index (χ1v) is 11.3. The van der Waals surface area contributed by atoms with Gasteiger partial charge in [0.2, 0.25) is 5.78 Å². The molecule has 1 aromatic carbocycles. The van der Waals surface area contributed by atoms with Gasteiger partial charge in [0, 0.05) is 27.2 Å². The van der Waals surface area contributed by atoms with Crippen molar-refractivity contribution in [3.05, 3.63) is 67.8 Å². The number of rotatable bonds is 3. The van der Waals surface area contributed by atoms with Crippen LogP contribution in [0.5, 0.6) is 0 Å². The van der Waals surface area contributed by atoms with Gasteiger partial charge in [-0.3, -0.25) is 4.79 Å². The number of aromatic nitrogens is 1. The average Bonchev–Trinajstić information content (AvgIpc) is 3.35. The van der Waals surface area contributed by atoms with Crippen LogP contribution in [0.2, 0.25) is 5.02 Å². The molecule has 3 aromatic heterocycles. The van der Waals surface area contributed by atoms with E-state index >= 15 is 0 Å². The maximum atomic E-state index is 13.0. The summed E-state index contributed by atoms with van der Waals surface area (Å²) in [7, 11) is 0. The average molecular weight is 425 g/mol. The van der Waals surface area contributed by atoms with Crippen molar-refractivity contribution in [2.75, 3.05) is 5.73 Å². The van der Waals surface area contributed by atoms with Crippen molar-refractivity contribution in [1.29, 1.82) is 0 Å². The Morgan fingerprint density at radius 1 is 1.11 bits per heavy atom. The summed E-state index contributed by atoms with van der Waals surface area (Å²) in [5, 5.41) is 3.47. The Labute approximate surface area is 175 Å². The lowest BCUT2D eigenvalue weighted by molar-refractivity contribution is 0.104. The van der Waals surface area contributed by atoms with Crippen LogP contribution in [-0.2, 0) is 12.8 Å². The number of anilines is 1. The predicted molar refractivity (Wildman–Crippen MR) is 119 cm³/mol. The maximum Gasteiger partial charge on any atom is 0.215 e. The summed E-state index contributed by atoms with van der Waals surface area (Å²) < 4.78 is 0. The lowest BCUT2D eigenvalue weighted by Gasteiger charge is -2.20. The fraction of sp³-hybridized carbons (Fsp3) is 0.182. The lowest BCUT2D eigenvalue weighted by atomic mass is 9.87. The molecule has 1 aliphatic rings. The molecule has 1 aliphatic carbocycles. The number of pyridine rings is 1. The third kappa shape index (κ3) is 2.77. The minimum absolute atomic E-state index is 0.0291. The molecule has 0 aliphatic heterocycles. The molecular weight excluding hydrogens is 408 g/mol. The van der Waals surface area contributed by atoms with Gasteiger partial charge in [-0.25, -0.2) is 4.98 Å². The van der Waals surface area contributed by atoms with Gasteiger partial charge in [-0.15, -0.1) is 22.7 Å². The number of carbonyl (C=O) groups is 1. The monoisotopic (exact) mass is 424 g/mol. The molecule has 140 valence electrons. The van der Waals surface area contributed by atoms with Crippen molar-refractivity contribution >= 4 is 56.0 Å². The van der Waals surface area contributed by atoms with Gasteiger partial charge >= 0.3 is 0 Å². The zero-order valence-electron chi connectivity index (χ0n) is 15.0. The molecule has 0 fully saturated rings. The summed E-state index contributed by atoms with van der Waals surface area (Å²) in [6.07, 6.45) is 4.18. The Morgan fingerprint density at radius 3 is 2.71 bits per heavy atom. The van der Waals surface area contributed by atoms with E-state index in [9.17, 15) is 4.79 Å². The van der Waals surface area contributed by atoms with Gasteiger partial charge in [0.25, 0.3) is 0 Å². The van der Waals surface area contributed by atoms with Crippen molar-refractivity contribution in [2.24, 2.45) is 0 Å². The third-order valence-corrected chi connectivity index (χ3v) is 7.54. The number of hydrogen-bond donors (Lipinski definition) is 1. The van der Waals surface area contributed by atoms with Crippen molar-refractivity contribution in [3.63, 3.8) is 0 Å². The first-order chi connectivity index (χ1) is 13.6. The van der Waals surface area contributed by atoms with Crippen molar-refractivity contribution in [3.8, 4) is 11.1 Å². The van der Waals surface area contributed by atoms with Gasteiger partial charge in [0.15, 0.2) is 0 Å². The molecule has 5 rings (SSSR count). The van der Waals surface area contributed by atoms with E-state index in [0.717, 1.165) is 52.7 Å². The highest BCUT2D eigenvalue weighted by molar-refractivity contribution is 7.22. The minimum atomic E-state index is -0.0291. The van der Waals surface area contributed by atoms with Gasteiger partial charge in [0.1, 0.15) is 9.71 Å². The second-order valence-corrected chi connectivity index (χ2v) is 9.28. The molecule has 0 radical (unpaired) electrons. The number of aryl methyl sites for hydroxylation is 1. The van der Waals surface area contributed by atoms with Crippen LogP contribution in [0.3, 0.4) is 0 Å². The first kappa shape index (κ1) is 17.9. The number of benzene rings is 1. The number of ketones is 1. The second-order valence-electron chi connectivity index (χ2n) is 6.93. The molecule has 6 heteroatoms. The van der Waals surface area contributed by atoms with E-state index in [4.69, 9.17) is 22.3 Å². The Bertz CT molecular complexity index is 1210. The SMILES string of the molecule is Nc1c(C(=O)c2cccs2)sc2nc3c(c(-c4ccccc4Cl)c12)CCCC3. The maximum absolute atomic E-state index is 13.0. The van der Waals surface area contributed by atoms with E-state index < -0.39 is 0 Å². The fourth-order valence-electron chi connectivity index (χ4n) is 3.96. The van der Waals surface area contributed by atoms with Gasteiger partial charge < -0.3 is 5.73 Å². The summed E-state index contributed by atoms with van der Waals surface area (Å²) in [4.78, 5) is 20.0. The van der Waals surface area contributed by atoms with Gasteiger partial charge in [-0.2, -0.15) is 0 Å². The number of carbonyl (C=O) groups excluding carboxylic acids is 1. The summed E-state index contributed by atoms with van der Waals surface area (Å²) in [6, 6.07) is 11.6. The van der Waals surface area contributed by atoms with Crippen LogP contribution in [-0.4, -0.2) is 10.8 Å². The van der Waals surface area contributed by atoms with E-state index in [1.807, 2.05) is 41.8 Å². The molecule has 0 amide bonds. The molecule has 0 saturated heterocycles. The molecule has 3 heterocycles. The van der Waals surface area contributed by atoms with E-state index in [1.54, 1.807) is 0 Å². The normalized spacial score (nSPS) is 13.6. The molecule has 28 heavy (non-hydrogen) atoms. The molecule has 4 aromatic rings. The Hall–Kier alpha value is -2.21. The van der Waals surface area contributed by atoms with Gasteiger partial charge in [0.05, 0.1) is 10.6 Å². The number of fused-ring (bicyclic) bond motifs is 2. The zero-order valence-corrected chi connectivity index (χ0v) is 17.4. The van der Waals surface area contributed by atoms with E-state index in [2.05, 4.69) is 0 Å². The third-order valence-electron chi connectivity index (χ3n) is 5.25. The number of hydrogen-bond acceptors (Lipinski definition) is 5. The Kier molecular flexibility index (Phi) is 4.46. The number of nitrogen functional groups attached to an aromatic ring is 1. The number of nitrogens with two attached hydrogens (primary N) is 1. The second kappa shape index (κ2) is 6.99. The van der Waals surface area contributed by atoms with Crippen LogP contribution < -0.4 is 5.73 Å². The topological polar surface area (TPSA) is 56.0 Å². The molecule has 0 bridgehead atoms. The number of nitrogens with zero attached hydrogens (tertiary/aromatic N) is 1. The molecule has 2 N–H and O–H groups in total. The number of thiophene rings is 2. The fourth-order valence-corrected chi connectivity index (χ4v) is 6.00. The first-order valence-electron chi connectivity index (χ1n) is 9.22. The van der Waals surface area contributed by atoms with Gasteiger partial charge in [-0.1, -0.05) is 35.9 Å². The van der Waals surface area contributed by atoms with Crippen LogP contribution in [0.1, 0.15) is 38.6 Å². The molecule has 3 nitrogen and oxygen atoms in total. The smallest absolute Gasteiger partial charge is 0.215 e. The van der Waals surface area contributed by atoms with Crippen molar-refractivity contribution in [2.45, 2.75) is 25.7 Å². The Morgan fingerprint density at radius 2 is 1.93 bits per heavy atom. The molecular formula is C22H17ClN2OS2. The standard InChI is InChI=1S/C22H17ClN2OS2/c23-14-8-3-1-6-12(14)17-13-7-2-4-9-15(13)25-22-18(17)19(24)21(28-22)20(26)16-10-5-11-27-16/h1,3,5-6,8,10-11H,2,4,7,9,24H2. The highest BCUT2D eigenvalue weighted by Gasteiger charge is 2.27. The zero-order chi connectivity index (χ0) is 19.3. The lowest BCUT2D eigenvalue weighted by Crippen LogP contribution is -2.08. The largest absolute Gasteiger partial charge is 0.397 e. The van der Waals surface area contributed by atoms with Gasteiger partial charge in [-0.05, 0) is 48.8 Å². The van der Waals surface area contributed by atoms with Crippen molar-refractivity contribution < 1.29 is 4.79 Å². The highest BCUT2D eigenvalue weighted by Crippen LogP contribution is 2.46. The van der Waals surface area contributed by atoms with E-state index in [-0.39, 0.29) is 5.78 Å². The minimum Gasteiger partial charge on any atom is -0.397 e. The predicted octanol–water partition coefficient (Wildman–Crippen LogP) is 6.37. The van der Waals surface area contributed by atoms with E-state index in [1.165, 1.54) is 28.2 Å². The van der Waals surface area contributed by atoms with Crippen LogP contribution in [0, 0.1) is 0 Å². The summed E-state index contributed by atoms with van der Waals surface area (Å²) in [5.74, 6) is -0.0291. The quantitative estimate of drug-likeness (QED) is 0.388. The molecule has 0 spiro atoms. The summed E-state index contributed by atoms with van der Waals surface area (Å²) in [6.45, 7) is 0. The molecule has 0 saturated carbocycles. The van der Waals surface area contributed by atoms with Crippen LogP contribution in [0.4, 0.5) is 5.69 Å².